The van der Waals surface area contributed by atoms with Gasteiger partial charge in [0.05, 0.1) is 6.10 Å². The fourth-order valence-electron chi connectivity index (χ4n) is 1.76. The molecule has 17 heavy (non-hydrogen) atoms. The molecule has 0 bridgehead atoms. The third-order valence-corrected chi connectivity index (χ3v) is 4.25. The number of sulfonamides is 1. The first kappa shape index (κ1) is 12.3. The number of β-amino-alcohol motifs (C(OH)–C–C–N with tert-alkyl or cyclic N) is 1. The van der Waals surface area contributed by atoms with Crippen LogP contribution in [0.3, 0.4) is 0 Å². The Morgan fingerprint density at radius 2 is 2.00 bits per heavy atom. The summed E-state index contributed by atoms with van der Waals surface area (Å²) in [5.41, 5.74) is 0.843. The molecule has 1 aliphatic heterocycles. The molecule has 0 aromatic heterocycles. The molecule has 2 rings (SSSR count). The van der Waals surface area contributed by atoms with Crippen LogP contribution in [0.1, 0.15) is 12.0 Å². The average Bonchev–Trinajstić information content (AvgIpc) is 2.76. The van der Waals surface area contributed by atoms with Gasteiger partial charge < -0.3 is 5.11 Å². The minimum atomic E-state index is -3.40. The van der Waals surface area contributed by atoms with Gasteiger partial charge in [0, 0.05) is 18.5 Å². The Hall–Kier alpha value is -1.17. The maximum atomic E-state index is 11.9. The number of hydrogen-bond donors (Lipinski definition) is 1. The number of rotatable bonds is 3. The summed E-state index contributed by atoms with van der Waals surface area (Å²) in [6.45, 7) is 0.587. The molecule has 5 heteroatoms. The van der Waals surface area contributed by atoms with Crippen molar-refractivity contribution in [1.82, 2.24) is 4.31 Å². The molecule has 0 amide bonds. The second kappa shape index (κ2) is 5.00. The van der Waals surface area contributed by atoms with Gasteiger partial charge in [-0.3, -0.25) is 0 Å². The van der Waals surface area contributed by atoms with Crippen LogP contribution < -0.4 is 0 Å². The van der Waals surface area contributed by atoms with Crippen LogP contribution in [-0.2, 0) is 10.0 Å². The molecule has 0 radical (unpaired) electrons. The molecule has 0 saturated carbocycles. The van der Waals surface area contributed by atoms with Crippen LogP contribution in [0, 0.1) is 0 Å². The van der Waals surface area contributed by atoms with Crippen molar-refractivity contribution < 1.29 is 13.5 Å². The van der Waals surface area contributed by atoms with Gasteiger partial charge in [-0.25, -0.2) is 8.42 Å². The first-order valence-electron chi connectivity index (χ1n) is 5.49. The quantitative estimate of drug-likeness (QED) is 0.876. The van der Waals surface area contributed by atoms with E-state index in [4.69, 9.17) is 0 Å². The number of benzene rings is 1. The van der Waals surface area contributed by atoms with E-state index >= 15 is 0 Å². The molecule has 1 atom stereocenters. The van der Waals surface area contributed by atoms with Crippen LogP contribution >= 0.6 is 0 Å². The number of nitrogens with zero attached hydrogens (tertiary/aromatic N) is 1. The molecule has 92 valence electrons. The third kappa shape index (κ3) is 3.15. The fraction of sp³-hybridized carbons (Fsp3) is 0.333. The topological polar surface area (TPSA) is 57.6 Å². The van der Waals surface area contributed by atoms with E-state index < -0.39 is 16.1 Å². The predicted molar refractivity (Wildman–Crippen MR) is 66.6 cm³/mol. The molecular formula is C12H15NO3S. The van der Waals surface area contributed by atoms with Crippen LogP contribution in [0.2, 0.25) is 0 Å². The molecule has 1 aromatic carbocycles. The van der Waals surface area contributed by atoms with Gasteiger partial charge in [0.2, 0.25) is 10.0 Å². The number of aliphatic hydroxyl groups excluding tert-OH is 1. The van der Waals surface area contributed by atoms with Crippen molar-refractivity contribution in [3.05, 3.63) is 41.3 Å². The van der Waals surface area contributed by atoms with Crippen molar-refractivity contribution in [2.75, 3.05) is 13.1 Å². The Morgan fingerprint density at radius 3 is 2.59 bits per heavy atom. The lowest BCUT2D eigenvalue weighted by Gasteiger charge is -2.11. The largest absolute Gasteiger partial charge is 0.392 e. The normalized spacial score (nSPS) is 22.3. The Bertz CT molecular complexity index is 496. The monoisotopic (exact) mass is 253 g/mol. The van der Waals surface area contributed by atoms with Gasteiger partial charge in [-0.15, -0.1) is 0 Å². The summed E-state index contributed by atoms with van der Waals surface area (Å²) in [6, 6.07) is 9.26. The lowest BCUT2D eigenvalue weighted by molar-refractivity contribution is 0.189. The standard InChI is InChI=1S/C12H15NO3S/c14-12-6-8-13(10-12)17(15,16)9-7-11-4-2-1-3-5-11/h1-5,7,9,12,14H,6,8,10H2/b9-7+/t12-/m1/s1. The summed E-state index contributed by atoms with van der Waals surface area (Å²) in [4.78, 5) is 0. The molecule has 0 aliphatic carbocycles. The molecular weight excluding hydrogens is 238 g/mol. The van der Waals surface area contributed by atoms with E-state index in [-0.39, 0.29) is 6.54 Å². The van der Waals surface area contributed by atoms with Crippen LogP contribution in [0.4, 0.5) is 0 Å². The SMILES string of the molecule is O=S(=O)(/C=C/c1ccccc1)N1CC[C@@H](O)C1. The fourth-order valence-corrected chi connectivity index (χ4v) is 3.00. The Labute approximate surface area is 101 Å². The predicted octanol–water partition coefficient (Wildman–Crippen LogP) is 1.05. The van der Waals surface area contributed by atoms with Gasteiger partial charge in [-0.2, -0.15) is 4.31 Å². The smallest absolute Gasteiger partial charge is 0.236 e. The highest BCUT2D eigenvalue weighted by Crippen LogP contribution is 2.15. The van der Waals surface area contributed by atoms with E-state index in [1.54, 1.807) is 6.08 Å². The van der Waals surface area contributed by atoms with E-state index in [1.165, 1.54) is 9.71 Å². The number of aliphatic hydroxyl groups is 1. The van der Waals surface area contributed by atoms with E-state index in [0.717, 1.165) is 5.56 Å². The van der Waals surface area contributed by atoms with Crippen LogP contribution in [-0.4, -0.2) is 37.0 Å². The van der Waals surface area contributed by atoms with Gasteiger partial charge in [0.1, 0.15) is 0 Å². The van der Waals surface area contributed by atoms with E-state index in [2.05, 4.69) is 0 Å². The van der Waals surface area contributed by atoms with Crippen molar-refractivity contribution in [1.29, 1.82) is 0 Å². The molecule has 1 fully saturated rings. The van der Waals surface area contributed by atoms with Gasteiger partial charge >= 0.3 is 0 Å². The molecule has 1 aromatic rings. The van der Waals surface area contributed by atoms with Crippen LogP contribution in [0.15, 0.2) is 35.7 Å². The summed E-state index contributed by atoms with van der Waals surface area (Å²) < 4.78 is 25.1. The van der Waals surface area contributed by atoms with E-state index in [0.29, 0.717) is 13.0 Å². The van der Waals surface area contributed by atoms with E-state index in [9.17, 15) is 13.5 Å². The maximum absolute atomic E-state index is 11.9. The first-order valence-corrected chi connectivity index (χ1v) is 6.99. The van der Waals surface area contributed by atoms with Gasteiger partial charge in [0.25, 0.3) is 0 Å². The van der Waals surface area contributed by atoms with Gasteiger partial charge in [-0.05, 0) is 18.1 Å². The zero-order valence-electron chi connectivity index (χ0n) is 9.36. The van der Waals surface area contributed by atoms with Gasteiger partial charge in [-0.1, -0.05) is 30.3 Å². The van der Waals surface area contributed by atoms with Crippen LogP contribution in [0.25, 0.3) is 6.08 Å². The molecule has 1 saturated heterocycles. The zero-order chi connectivity index (χ0) is 12.3. The summed E-state index contributed by atoms with van der Waals surface area (Å²) in [5.74, 6) is 0. The van der Waals surface area contributed by atoms with Crippen molar-refractivity contribution >= 4 is 16.1 Å². The highest BCUT2D eigenvalue weighted by atomic mass is 32.2. The van der Waals surface area contributed by atoms with Crippen LogP contribution in [0.5, 0.6) is 0 Å². The van der Waals surface area contributed by atoms with Crippen molar-refractivity contribution in [2.24, 2.45) is 0 Å². The second-order valence-electron chi connectivity index (χ2n) is 4.06. The first-order chi connectivity index (χ1) is 8.08. The summed E-state index contributed by atoms with van der Waals surface area (Å²) in [5, 5.41) is 10.5. The zero-order valence-corrected chi connectivity index (χ0v) is 10.2. The minimum Gasteiger partial charge on any atom is -0.392 e. The Morgan fingerprint density at radius 1 is 1.29 bits per heavy atom. The highest BCUT2D eigenvalue weighted by Gasteiger charge is 2.28. The lowest BCUT2D eigenvalue weighted by atomic mass is 10.2. The molecule has 0 unspecified atom stereocenters. The molecule has 0 spiro atoms. The highest BCUT2D eigenvalue weighted by molar-refractivity contribution is 7.92. The van der Waals surface area contributed by atoms with Crippen molar-refractivity contribution in [2.45, 2.75) is 12.5 Å². The third-order valence-electron chi connectivity index (χ3n) is 2.72. The summed E-state index contributed by atoms with van der Waals surface area (Å²) in [6.07, 6.45) is 1.55. The Balaban J connectivity index is 2.10. The average molecular weight is 253 g/mol. The summed E-state index contributed by atoms with van der Waals surface area (Å²) in [7, 11) is -3.40. The lowest BCUT2D eigenvalue weighted by Crippen LogP contribution is -2.27. The molecule has 4 nitrogen and oxygen atoms in total. The Kier molecular flexibility index (Phi) is 3.61. The maximum Gasteiger partial charge on any atom is 0.236 e. The molecule has 1 N–H and O–H groups in total. The number of hydrogen-bond acceptors (Lipinski definition) is 3. The molecule has 1 aliphatic rings. The van der Waals surface area contributed by atoms with E-state index in [1.807, 2.05) is 30.3 Å². The second-order valence-corrected chi connectivity index (χ2v) is 5.88. The van der Waals surface area contributed by atoms with Gasteiger partial charge in [0.15, 0.2) is 0 Å². The van der Waals surface area contributed by atoms with Crippen molar-refractivity contribution in [3.8, 4) is 0 Å². The molecule has 1 heterocycles. The van der Waals surface area contributed by atoms with Crippen molar-refractivity contribution in [3.63, 3.8) is 0 Å². The summed E-state index contributed by atoms with van der Waals surface area (Å²) >= 11 is 0. The minimum absolute atomic E-state index is 0.196.